The molecule has 0 radical (unpaired) electrons. The van der Waals surface area contributed by atoms with Gasteiger partial charge in [0.25, 0.3) is 0 Å². The highest BCUT2D eigenvalue weighted by molar-refractivity contribution is 7.90. The van der Waals surface area contributed by atoms with E-state index in [1.165, 1.54) is 6.92 Å². The van der Waals surface area contributed by atoms with Crippen molar-refractivity contribution in [2.75, 3.05) is 26.2 Å². The maximum atomic E-state index is 11.7. The molecule has 2 unspecified atom stereocenters. The van der Waals surface area contributed by atoms with Crippen molar-refractivity contribution in [1.82, 2.24) is 9.62 Å². The van der Waals surface area contributed by atoms with Crippen molar-refractivity contribution in [1.29, 1.82) is 0 Å². The number of nitrogens with zero attached hydrogens (tertiary/aromatic N) is 1. The van der Waals surface area contributed by atoms with Gasteiger partial charge in [0.2, 0.25) is 10.0 Å². The molecule has 0 aromatic rings. The first-order valence-corrected chi connectivity index (χ1v) is 7.38. The molecule has 6 heteroatoms. The van der Waals surface area contributed by atoms with Gasteiger partial charge in [-0.05, 0) is 32.9 Å². The number of aliphatic hydroxyl groups is 1. The smallest absolute Gasteiger partial charge is 0.216 e. The van der Waals surface area contributed by atoms with E-state index < -0.39 is 15.3 Å². The Balaban J connectivity index is 2.53. The molecule has 0 spiro atoms. The van der Waals surface area contributed by atoms with Gasteiger partial charge in [-0.1, -0.05) is 6.92 Å². The van der Waals surface area contributed by atoms with Gasteiger partial charge in [0, 0.05) is 12.6 Å². The van der Waals surface area contributed by atoms with Gasteiger partial charge in [-0.15, -0.1) is 0 Å². The lowest BCUT2D eigenvalue weighted by Gasteiger charge is -2.32. The van der Waals surface area contributed by atoms with Crippen LogP contribution in [0.5, 0.6) is 0 Å². The summed E-state index contributed by atoms with van der Waals surface area (Å²) in [5.74, 6) is 0. The van der Waals surface area contributed by atoms with Crippen LogP contribution in [-0.2, 0) is 10.0 Å². The van der Waals surface area contributed by atoms with Crippen LogP contribution in [0.15, 0.2) is 0 Å². The Bertz CT molecular complexity index is 305. The molecule has 1 fully saturated rings. The second-order valence-electron chi connectivity index (χ2n) is 4.39. The quantitative estimate of drug-likeness (QED) is 0.707. The lowest BCUT2D eigenvalue weighted by atomic mass is 10.1. The van der Waals surface area contributed by atoms with Crippen LogP contribution >= 0.6 is 0 Å². The monoisotopic (exact) mass is 250 g/mol. The standard InChI is InChI=1S/C10H22N2O3S/c1-3-12-6-4-5-10(7-12)11-16(14,15)9(2)8-13/h9-11,13H,3-8H2,1-2H3. The summed E-state index contributed by atoms with van der Waals surface area (Å²) in [6.07, 6.45) is 1.91. The Kier molecular flexibility index (Phi) is 5.17. The molecule has 0 saturated carbocycles. The molecule has 1 aliphatic rings. The normalized spacial score (nSPS) is 25.6. The van der Waals surface area contributed by atoms with E-state index in [1.54, 1.807) is 0 Å². The van der Waals surface area contributed by atoms with E-state index in [0.29, 0.717) is 0 Å². The number of hydrogen-bond acceptors (Lipinski definition) is 4. The Labute approximate surface area is 97.9 Å². The van der Waals surface area contributed by atoms with E-state index in [-0.39, 0.29) is 12.6 Å². The van der Waals surface area contributed by atoms with Crippen LogP contribution in [0.3, 0.4) is 0 Å². The van der Waals surface area contributed by atoms with Gasteiger partial charge in [-0.25, -0.2) is 13.1 Å². The van der Waals surface area contributed by atoms with E-state index in [1.807, 2.05) is 0 Å². The molecule has 1 rings (SSSR count). The van der Waals surface area contributed by atoms with Crippen molar-refractivity contribution >= 4 is 10.0 Å². The van der Waals surface area contributed by atoms with Crippen molar-refractivity contribution in [2.45, 2.75) is 38.0 Å². The van der Waals surface area contributed by atoms with Crippen molar-refractivity contribution in [3.05, 3.63) is 0 Å². The van der Waals surface area contributed by atoms with E-state index in [4.69, 9.17) is 5.11 Å². The van der Waals surface area contributed by atoms with E-state index in [9.17, 15) is 8.42 Å². The average molecular weight is 250 g/mol. The number of likely N-dealkylation sites (tertiary alicyclic amines) is 1. The molecule has 5 nitrogen and oxygen atoms in total. The van der Waals surface area contributed by atoms with Gasteiger partial charge in [-0.3, -0.25) is 0 Å². The van der Waals surface area contributed by atoms with Crippen LogP contribution in [-0.4, -0.2) is 56.0 Å². The van der Waals surface area contributed by atoms with Crippen LogP contribution in [0.1, 0.15) is 26.7 Å². The Hall–Kier alpha value is -0.170. The molecular formula is C10H22N2O3S. The second kappa shape index (κ2) is 5.95. The third-order valence-corrected chi connectivity index (χ3v) is 4.94. The Morgan fingerprint density at radius 2 is 2.25 bits per heavy atom. The number of nitrogens with one attached hydrogen (secondary N) is 1. The second-order valence-corrected chi connectivity index (χ2v) is 6.52. The summed E-state index contributed by atoms with van der Waals surface area (Å²) in [4.78, 5) is 2.24. The summed E-state index contributed by atoms with van der Waals surface area (Å²) in [7, 11) is -3.37. The minimum absolute atomic E-state index is 0.00676. The molecular weight excluding hydrogens is 228 g/mol. The van der Waals surface area contributed by atoms with Crippen molar-refractivity contribution in [2.24, 2.45) is 0 Å². The summed E-state index contributed by atoms with van der Waals surface area (Å²) in [5.41, 5.74) is 0. The first kappa shape index (κ1) is 13.9. The predicted molar refractivity (Wildman–Crippen MR) is 63.7 cm³/mol. The number of hydrogen-bond donors (Lipinski definition) is 2. The first-order valence-electron chi connectivity index (χ1n) is 5.84. The predicted octanol–water partition coefficient (Wildman–Crippen LogP) is -0.229. The zero-order chi connectivity index (χ0) is 12.2. The SMILES string of the molecule is CCN1CCCC(NS(=O)(=O)C(C)CO)C1. The van der Waals surface area contributed by atoms with Gasteiger partial charge in [0.15, 0.2) is 0 Å². The van der Waals surface area contributed by atoms with E-state index in [0.717, 1.165) is 32.5 Å². The topological polar surface area (TPSA) is 69.6 Å². The minimum Gasteiger partial charge on any atom is -0.395 e. The molecule has 16 heavy (non-hydrogen) atoms. The first-order chi connectivity index (χ1) is 7.49. The summed E-state index contributed by atoms with van der Waals surface area (Å²) in [6, 6.07) is -0.00676. The third-order valence-electron chi connectivity index (χ3n) is 3.07. The van der Waals surface area contributed by atoms with Gasteiger partial charge in [-0.2, -0.15) is 0 Å². The van der Waals surface area contributed by atoms with Crippen molar-refractivity contribution < 1.29 is 13.5 Å². The summed E-state index contributed by atoms with van der Waals surface area (Å²) >= 11 is 0. The molecule has 1 heterocycles. The Morgan fingerprint density at radius 1 is 1.56 bits per heavy atom. The lowest BCUT2D eigenvalue weighted by Crippen LogP contribution is -2.49. The molecule has 1 saturated heterocycles. The summed E-state index contributed by atoms with van der Waals surface area (Å²) < 4.78 is 26.2. The maximum absolute atomic E-state index is 11.7. The molecule has 0 bridgehead atoms. The minimum atomic E-state index is -3.37. The number of piperidine rings is 1. The van der Waals surface area contributed by atoms with Crippen LogP contribution in [0, 0.1) is 0 Å². The molecule has 0 aromatic heterocycles. The van der Waals surface area contributed by atoms with Crippen LogP contribution in [0.2, 0.25) is 0 Å². The fraction of sp³-hybridized carbons (Fsp3) is 1.00. The van der Waals surface area contributed by atoms with Crippen LogP contribution in [0.25, 0.3) is 0 Å². The van der Waals surface area contributed by atoms with Gasteiger partial charge < -0.3 is 10.0 Å². The molecule has 1 aliphatic heterocycles. The molecule has 0 amide bonds. The largest absolute Gasteiger partial charge is 0.395 e. The molecule has 0 aromatic carbocycles. The van der Waals surface area contributed by atoms with Crippen molar-refractivity contribution in [3.8, 4) is 0 Å². The molecule has 2 atom stereocenters. The fourth-order valence-corrected chi connectivity index (χ4v) is 2.97. The third kappa shape index (κ3) is 3.69. The maximum Gasteiger partial charge on any atom is 0.216 e. The summed E-state index contributed by atoms with van der Waals surface area (Å²) in [5, 5.41) is 8.14. The van der Waals surface area contributed by atoms with Gasteiger partial charge in [0.05, 0.1) is 11.9 Å². The number of sulfonamides is 1. The van der Waals surface area contributed by atoms with Crippen LogP contribution in [0.4, 0.5) is 0 Å². The molecule has 96 valence electrons. The summed E-state index contributed by atoms with van der Waals surface area (Å²) in [6.45, 7) is 6.03. The number of rotatable bonds is 5. The lowest BCUT2D eigenvalue weighted by molar-refractivity contribution is 0.210. The van der Waals surface area contributed by atoms with Crippen LogP contribution < -0.4 is 4.72 Å². The van der Waals surface area contributed by atoms with E-state index >= 15 is 0 Å². The Morgan fingerprint density at radius 3 is 2.81 bits per heavy atom. The van der Waals surface area contributed by atoms with Gasteiger partial charge in [0.1, 0.15) is 0 Å². The zero-order valence-corrected chi connectivity index (χ0v) is 10.8. The molecule has 0 aliphatic carbocycles. The highest BCUT2D eigenvalue weighted by Crippen LogP contribution is 2.11. The average Bonchev–Trinajstić information content (AvgIpc) is 2.27. The number of likely N-dealkylation sites (N-methyl/N-ethyl adjacent to an activating group) is 1. The fourth-order valence-electron chi connectivity index (χ4n) is 1.89. The number of aliphatic hydroxyl groups excluding tert-OH is 1. The molecule has 2 N–H and O–H groups in total. The highest BCUT2D eigenvalue weighted by Gasteiger charge is 2.26. The van der Waals surface area contributed by atoms with Crippen molar-refractivity contribution in [3.63, 3.8) is 0 Å². The van der Waals surface area contributed by atoms with Gasteiger partial charge >= 0.3 is 0 Å². The zero-order valence-electron chi connectivity index (χ0n) is 10.0. The highest BCUT2D eigenvalue weighted by atomic mass is 32.2. The van der Waals surface area contributed by atoms with E-state index in [2.05, 4.69) is 16.5 Å².